The Morgan fingerprint density at radius 1 is 1.43 bits per heavy atom. The first-order valence-electron chi connectivity index (χ1n) is 6.63. The molecule has 2 heterocycles. The lowest BCUT2D eigenvalue weighted by Crippen LogP contribution is -2.28. The molecule has 1 aromatic carbocycles. The summed E-state index contributed by atoms with van der Waals surface area (Å²) in [5.41, 5.74) is 4.24. The van der Waals surface area contributed by atoms with Gasteiger partial charge in [0.25, 0.3) is 0 Å². The van der Waals surface area contributed by atoms with Crippen molar-refractivity contribution in [1.29, 1.82) is 5.26 Å². The zero-order valence-corrected chi connectivity index (χ0v) is 11.9. The van der Waals surface area contributed by atoms with E-state index < -0.39 is 7.12 Å². The Labute approximate surface area is 123 Å². The van der Waals surface area contributed by atoms with Crippen LogP contribution in [0.4, 0.5) is 11.5 Å². The molecule has 0 atom stereocenters. The standard InChI is InChI=1S/C15H14BN3O2/c1-10-5-15(18-8-12(10)7-17)19(2)13-3-4-14-11(6-13)9-21-16(14)20/h3-6,8,20H,9H2,1-2H3. The first kappa shape index (κ1) is 13.6. The van der Waals surface area contributed by atoms with Crippen molar-refractivity contribution >= 4 is 24.1 Å². The SMILES string of the molecule is Cc1cc(N(C)c2ccc3c(c2)COB3O)ncc1C#N. The Hall–Kier alpha value is -2.36. The van der Waals surface area contributed by atoms with E-state index in [2.05, 4.69) is 11.1 Å². The predicted octanol–water partition coefficient (Wildman–Crippen LogP) is 1.25. The van der Waals surface area contributed by atoms with Crippen LogP contribution in [0.5, 0.6) is 0 Å². The molecule has 6 heteroatoms. The highest BCUT2D eigenvalue weighted by Crippen LogP contribution is 2.25. The molecule has 0 bridgehead atoms. The van der Waals surface area contributed by atoms with Gasteiger partial charge in [0.1, 0.15) is 11.9 Å². The highest BCUT2D eigenvalue weighted by molar-refractivity contribution is 6.61. The third-order valence-electron chi connectivity index (χ3n) is 3.74. The van der Waals surface area contributed by atoms with Gasteiger partial charge in [0, 0.05) is 18.9 Å². The summed E-state index contributed by atoms with van der Waals surface area (Å²) in [6, 6.07) is 9.78. The van der Waals surface area contributed by atoms with Crippen LogP contribution in [-0.4, -0.2) is 24.2 Å². The Bertz CT molecular complexity index is 742. The monoisotopic (exact) mass is 279 g/mol. The fraction of sp³-hybridized carbons (Fsp3) is 0.200. The number of aryl methyl sites for hydroxylation is 1. The van der Waals surface area contributed by atoms with E-state index in [-0.39, 0.29) is 0 Å². The van der Waals surface area contributed by atoms with Gasteiger partial charge in [-0.15, -0.1) is 0 Å². The predicted molar refractivity (Wildman–Crippen MR) is 80.6 cm³/mol. The van der Waals surface area contributed by atoms with E-state index in [9.17, 15) is 5.02 Å². The molecule has 2 aromatic rings. The van der Waals surface area contributed by atoms with Crippen molar-refractivity contribution in [1.82, 2.24) is 4.98 Å². The minimum absolute atomic E-state index is 0.415. The molecule has 1 aliphatic rings. The van der Waals surface area contributed by atoms with Gasteiger partial charge in [-0.1, -0.05) is 6.07 Å². The van der Waals surface area contributed by atoms with Gasteiger partial charge in [-0.05, 0) is 41.7 Å². The second-order valence-corrected chi connectivity index (χ2v) is 5.07. The molecule has 21 heavy (non-hydrogen) atoms. The Balaban J connectivity index is 1.94. The van der Waals surface area contributed by atoms with Crippen LogP contribution in [0.15, 0.2) is 30.5 Å². The van der Waals surface area contributed by atoms with Crippen LogP contribution in [-0.2, 0) is 11.3 Å². The molecule has 0 radical (unpaired) electrons. The average Bonchev–Trinajstić information content (AvgIpc) is 2.87. The van der Waals surface area contributed by atoms with E-state index >= 15 is 0 Å². The summed E-state index contributed by atoms with van der Waals surface area (Å²) in [4.78, 5) is 6.26. The second kappa shape index (κ2) is 5.21. The topological polar surface area (TPSA) is 69.4 Å². The number of hydrogen-bond acceptors (Lipinski definition) is 5. The van der Waals surface area contributed by atoms with Crippen LogP contribution < -0.4 is 10.4 Å². The fourth-order valence-corrected chi connectivity index (χ4v) is 2.40. The van der Waals surface area contributed by atoms with E-state index in [0.29, 0.717) is 12.2 Å². The van der Waals surface area contributed by atoms with E-state index in [1.807, 2.05) is 43.1 Å². The Morgan fingerprint density at radius 2 is 2.24 bits per heavy atom. The molecule has 0 unspecified atom stereocenters. The molecule has 0 fully saturated rings. The van der Waals surface area contributed by atoms with E-state index in [4.69, 9.17) is 9.92 Å². The van der Waals surface area contributed by atoms with Crippen molar-refractivity contribution in [3.05, 3.63) is 47.2 Å². The molecular weight excluding hydrogens is 265 g/mol. The zero-order chi connectivity index (χ0) is 15.0. The number of aromatic nitrogens is 1. The van der Waals surface area contributed by atoms with Crippen LogP contribution >= 0.6 is 0 Å². The number of fused-ring (bicyclic) bond motifs is 1. The van der Waals surface area contributed by atoms with Crippen LogP contribution in [0.2, 0.25) is 0 Å². The van der Waals surface area contributed by atoms with Crippen molar-refractivity contribution in [2.24, 2.45) is 0 Å². The van der Waals surface area contributed by atoms with Gasteiger partial charge in [0.15, 0.2) is 0 Å². The molecule has 0 saturated carbocycles. The summed E-state index contributed by atoms with van der Waals surface area (Å²) in [6.07, 6.45) is 1.58. The molecular formula is C15H14BN3O2. The molecule has 1 N–H and O–H groups in total. The van der Waals surface area contributed by atoms with Crippen LogP contribution in [0, 0.1) is 18.3 Å². The number of anilines is 2. The first-order chi connectivity index (χ1) is 10.1. The lowest BCUT2D eigenvalue weighted by atomic mass is 9.79. The maximum atomic E-state index is 9.64. The maximum Gasteiger partial charge on any atom is 0.491 e. The van der Waals surface area contributed by atoms with Gasteiger partial charge in [-0.3, -0.25) is 0 Å². The van der Waals surface area contributed by atoms with Gasteiger partial charge in [0.05, 0.1) is 12.2 Å². The number of nitrogens with zero attached hydrogens (tertiary/aromatic N) is 3. The summed E-state index contributed by atoms with van der Waals surface area (Å²) in [5.74, 6) is 0.769. The number of hydrogen-bond donors (Lipinski definition) is 1. The van der Waals surface area contributed by atoms with Crippen molar-refractivity contribution < 1.29 is 9.68 Å². The zero-order valence-electron chi connectivity index (χ0n) is 11.9. The Morgan fingerprint density at radius 3 is 2.95 bits per heavy atom. The van der Waals surface area contributed by atoms with Gasteiger partial charge in [-0.25, -0.2) is 4.98 Å². The van der Waals surface area contributed by atoms with Crippen molar-refractivity contribution in [2.45, 2.75) is 13.5 Å². The summed E-state index contributed by atoms with van der Waals surface area (Å²) in [5, 5.41) is 18.6. The lowest BCUT2D eigenvalue weighted by Gasteiger charge is -2.19. The quantitative estimate of drug-likeness (QED) is 0.838. The third-order valence-corrected chi connectivity index (χ3v) is 3.74. The van der Waals surface area contributed by atoms with Gasteiger partial charge in [0.2, 0.25) is 0 Å². The summed E-state index contributed by atoms with van der Waals surface area (Å²) in [6.45, 7) is 2.31. The van der Waals surface area contributed by atoms with Gasteiger partial charge < -0.3 is 14.6 Å². The second-order valence-electron chi connectivity index (χ2n) is 5.07. The normalized spacial score (nSPS) is 13.0. The molecule has 1 aromatic heterocycles. The molecule has 104 valence electrons. The molecule has 0 aliphatic carbocycles. The summed E-state index contributed by atoms with van der Waals surface area (Å²) in [7, 11) is 1.09. The molecule has 0 saturated heterocycles. The van der Waals surface area contributed by atoms with E-state index in [1.165, 1.54) is 0 Å². The number of rotatable bonds is 2. The van der Waals surface area contributed by atoms with Crippen molar-refractivity contribution in [2.75, 3.05) is 11.9 Å². The molecule has 3 rings (SSSR count). The average molecular weight is 279 g/mol. The lowest BCUT2D eigenvalue weighted by molar-refractivity contribution is 0.275. The summed E-state index contributed by atoms with van der Waals surface area (Å²) >= 11 is 0. The third kappa shape index (κ3) is 2.37. The molecule has 0 amide bonds. The number of nitriles is 1. The minimum Gasteiger partial charge on any atom is -0.423 e. The van der Waals surface area contributed by atoms with Crippen molar-refractivity contribution in [3.63, 3.8) is 0 Å². The highest BCUT2D eigenvalue weighted by Gasteiger charge is 2.27. The fourth-order valence-electron chi connectivity index (χ4n) is 2.40. The van der Waals surface area contributed by atoms with Crippen LogP contribution in [0.25, 0.3) is 0 Å². The number of benzene rings is 1. The molecule has 0 spiro atoms. The summed E-state index contributed by atoms with van der Waals surface area (Å²) < 4.78 is 5.20. The highest BCUT2D eigenvalue weighted by atomic mass is 16.5. The van der Waals surface area contributed by atoms with Crippen molar-refractivity contribution in [3.8, 4) is 6.07 Å². The van der Waals surface area contributed by atoms with E-state index in [0.717, 1.165) is 28.1 Å². The largest absolute Gasteiger partial charge is 0.491 e. The maximum absolute atomic E-state index is 9.64. The Kier molecular flexibility index (Phi) is 3.38. The number of pyridine rings is 1. The first-order valence-corrected chi connectivity index (χ1v) is 6.63. The van der Waals surface area contributed by atoms with Crippen LogP contribution in [0.3, 0.4) is 0 Å². The molecule has 5 nitrogen and oxygen atoms in total. The van der Waals surface area contributed by atoms with Gasteiger partial charge >= 0.3 is 7.12 Å². The van der Waals surface area contributed by atoms with E-state index in [1.54, 1.807) is 6.20 Å². The van der Waals surface area contributed by atoms with Gasteiger partial charge in [-0.2, -0.15) is 5.26 Å². The van der Waals surface area contributed by atoms with Crippen LogP contribution in [0.1, 0.15) is 16.7 Å². The molecule has 1 aliphatic heterocycles. The minimum atomic E-state index is -0.824. The smallest absolute Gasteiger partial charge is 0.423 e.